The van der Waals surface area contributed by atoms with Crippen LogP contribution in [-0.4, -0.2) is 9.55 Å². The van der Waals surface area contributed by atoms with Gasteiger partial charge in [0.2, 0.25) is 0 Å². The van der Waals surface area contributed by atoms with Crippen molar-refractivity contribution >= 4 is 49.7 Å². The second-order valence-electron chi connectivity index (χ2n) is 4.29. The zero-order valence-electron chi connectivity index (χ0n) is 10.2. The van der Waals surface area contributed by atoms with Crippen LogP contribution >= 0.6 is 39.5 Å². The Hall–Kier alpha value is -1.31. The van der Waals surface area contributed by atoms with Gasteiger partial charge in [0.1, 0.15) is 10.5 Å². The van der Waals surface area contributed by atoms with Gasteiger partial charge in [0.05, 0.1) is 15.7 Å². The molecule has 0 unspecified atom stereocenters. The Morgan fingerprint density at radius 2 is 2.20 bits per heavy atom. The van der Waals surface area contributed by atoms with E-state index < -0.39 is 5.82 Å². The van der Waals surface area contributed by atoms with Crippen molar-refractivity contribution in [3.8, 4) is 5.69 Å². The van der Waals surface area contributed by atoms with Crippen LogP contribution in [0.2, 0.25) is 0 Å². The first-order chi connectivity index (χ1) is 9.49. The number of aryl methyl sites for hydroxylation is 1. The van der Waals surface area contributed by atoms with Crippen molar-refractivity contribution in [2.45, 2.75) is 6.92 Å². The zero-order valence-corrected chi connectivity index (χ0v) is 13.5. The predicted molar refractivity (Wildman–Crippen MR) is 85.0 cm³/mol. The van der Waals surface area contributed by atoms with Crippen LogP contribution in [0.5, 0.6) is 0 Å². The highest BCUT2D eigenvalue weighted by Crippen LogP contribution is 2.23. The fourth-order valence-electron chi connectivity index (χ4n) is 2.03. The number of hydrogen-bond acceptors (Lipinski definition) is 3. The molecule has 0 radical (unpaired) electrons. The molecule has 0 aliphatic carbocycles. The van der Waals surface area contributed by atoms with Crippen molar-refractivity contribution in [1.29, 1.82) is 0 Å². The molecule has 0 atom stereocenters. The molecule has 2 heterocycles. The lowest BCUT2D eigenvalue weighted by Gasteiger charge is -2.10. The Labute approximate surface area is 130 Å². The standard InChI is InChI=1S/C13H8BrFN2OS2/c1-6-4-7(14)8(15)5-10(6)17-12(18)11-9(2-3-20-11)16-13(17)19/h2-5H,1H3,(H,16,19). The summed E-state index contributed by atoms with van der Waals surface area (Å²) in [6.07, 6.45) is 0. The van der Waals surface area contributed by atoms with E-state index in [1.165, 1.54) is 22.0 Å². The predicted octanol–water partition coefficient (Wildman–Crippen LogP) is 4.32. The fraction of sp³-hybridized carbons (Fsp3) is 0.0769. The zero-order chi connectivity index (χ0) is 14.4. The first kappa shape index (κ1) is 13.7. The summed E-state index contributed by atoms with van der Waals surface area (Å²) in [5, 5.41) is 1.82. The maximum Gasteiger partial charge on any atom is 0.276 e. The van der Waals surface area contributed by atoms with Gasteiger partial charge in [-0.25, -0.2) is 4.39 Å². The quantitative estimate of drug-likeness (QED) is 0.647. The summed E-state index contributed by atoms with van der Waals surface area (Å²) in [4.78, 5) is 15.5. The maximum atomic E-state index is 13.8. The van der Waals surface area contributed by atoms with Gasteiger partial charge in [0.15, 0.2) is 4.77 Å². The van der Waals surface area contributed by atoms with Gasteiger partial charge < -0.3 is 4.98 Å². The van der Waals surface area contributed by atoms with Crippen molar-refractivity contribution in [2.24, 2.45) is 0 Å². The highest BCUT2D eigenvalue weighted by Gasteiger charge is 2.13. The molecule has 0 aliphatic rings. The van der Waals surface area contributed by atoms with Gasteiger partial charge >= 0.3 is 0 Å². The third kappa shape index (κ3) is 2.06. The van der Waals surface area contributed by atoms with E-state index in [1.54, 1.807) is 19.1 Å². The normalized spacial score (nSPS) is 11.2. The number of rotatable bonds is 1. The van der Waals surface area contributed by atoms with Crippen molar-refractivity contribution < 1.29 is 4.39 Å². The summed E-state index contributed by atoms with van der Waals surface area (Å²) in [6, 6.07) is 4.74. The third-order valence-corrected chi connectivity index (χ3v) is 4.78. The van der Waals surface area contributed by atoms with Crippen molar-refractivity contribution in [3.05, 3.63) is 54.6 Å². The van der Waals surface area contributed by atoms with Gasteiger partial charge in [-0.2, -0.15) is 0 Å². The summed E-state index contributed by atoms with van der Waals surface area (Å²) in [5.41, 5.74) is 1.68. The lowest BCUT2D eigenvalue weighted by Crippen LogP contribution is -2.20. The van der Waals surface area contributed by atoms with Crippen molar-refractivity contribution in [1.82, 2.24) is 9.55 Å². The van der Waals surface area contributed by atoms with Crippen LogP contribution in [0.15, 0.2) is 32.8 Å². The Kier molecular flexibility index (Phi) is 3.35. The smallest absolute Gasteiger partial charge is 0.276 e. The molecule has 0 saturated heterocycles. The minimum absolute atomic E-state index is 0.233. The molecule has 0 spiro atoms. The van der Waals surface area contributed by atoms with Gasteiger partial charge in [-0.05, 0) is 64.2 Å². The van der Waals surface area contributed by atoms with Crippen LogP contribution in [0.1, 0.15) is 5.56 Å². The average molecular weight is 371 g/mol. The molecule has 20 heavy (non-hydrogen) atoms. The SMILES string of the molecule is Cc1cc(Br)c(F)cc1-n1c(=S)[nH]c2ccsc2c1=O. The number of nitrogens with zero attached hydrogens (tertiary/aromatic N) is 1. The van der Waals surface area contributed by atoms with E-state index in [-0.39, 0.29) is 10.3 Å². The molecule has 0 amide bonds. The van der Waals surface area contributed by atoms with Gasteiger partial charge in [-0.15, -0.1) is 11.3 Å². The Bertz CT molecular complexity index is 942. The van der Waals surface area contributed by atoms with Crippen LogP contribution in [0.3, 0.4) is 0 Å². The molecular weight excluding hydrogens is 363 g/mol. The minimum atomic E-state index is -0.432. The van der Waals surface area contributed by atoms with Crippen molar-refractivity contribution in [3.63, 3.8) is 0 Å². The number of benzene rings is 1. The van der Waals surface area contributed by atoms with E-state index in [2.05, 4.69) is 20.9 Å². The number of halogens is 2. The second kappa shape index (κ2) is 4.91. The van der Waals surface area contributed by atoms with E-state index >= 15 is 0 Å². The monoisotopic (exact) mass is 370 g/mol. The highest BCUT2D eigenvalue weighted by atomic mass is 79.9. The first-order valence-electron chi connectivity index (χ1n) is 5.67. The molecule has 0 fully saturated rings. The number of fused-ring (bicyclic) bond motifs is 1. The van der Waals surface area contributed by atoms with E-state index in [4.69, 9.17) is 12.2 Å². The molecule has 3 aromatic rings. The van der Waals surface area contributed by atoms with Crippen LogP contribution in [0, 0.1) is 17.5 Å². The summed E-state index contributed by atoms with van der Waals surface area (Å²) in [7, 11) is 0. The molecular formula is C13H8BrFN2OS2. The Morgan fingerprint density at radius 3 is 2.95 bits per heavy atom. The second-order valence-corrected chi connectivity index (χ2v) is 6.44. The van der Waals surface area contributed by atoms with Crippen LogP contribution in [0.4, 0.5) is 4.39 Å². The van der Waals surface area contributed by atoms with Crippen LogP contribution < -0.4 is 5.56 Å². The largest absolute Gasteiger partial charge is 0.331 e. The number of H-pyrrole nitrogens is 1. The lowest BCUT2D eigenvalue weighted by molar-refractivity contribution is 0.618. The molecule has 1 aromatic carbocycles. The van der Waals surface area contributed by atoms with Crippen LogP contribution in [0.25, 0.3) is 15.9 Å². The summed E-state index contributed by atoms with van der Waals surface area (Å²) >= 11 is 9.69. The number of thiophene rings is 1. The Balaban J connectivity index is 2.44. The van der Waals surface area contributed by atoms with Gasteiger partial charge in [0, 0.05) is 0 Å². The molecule has 2 aromatic heterocycles. The lowest BCUT2D eigenvalue weighted by atomic mass is 10.2. The van der Waals surface area contributed by atoms with Gasteiger partial charge in [0.25, 0.3) is 5.56 Å². The first-order valence-corrected chi connectivity index (χ1v) is 7.75. The van der Waals surface area contributed by atoms with Gasteiger partial charge in [-0.3, -0.25) is 9.36 Å². The molecule has 0 saturated carbocycles. The topological polar surface area (TPSA) is 37.8 Å². The molecule has 3 nitrogen and oxygen atoms in total. The highest BCUT2D eigenvalue weighted by molar-refractivity contribution is 9.10. The summed E-state index contributed by atoms with van der Waals surface area (Å²) in [6.45, 7) is 1.80. The van der Waals surface area contributed by atoms with Crippen LogP contribution in [-0.2, 0) is 0 Å². The van der Waals surface area contributed by atoms with E-state index in [0.717, 1.165) is 5.56 Å². The van der Waals surface area contributed by atoms with E-state index in [1.807, 2.05) is 5.38 Å². The molecule has 1 N–H and O–H groups in total. The summed E-state index contributed by atoms with van der Waals surface area (Å²) < 4.78 is 16.3. The average Bonchev–Trinajstić information content (AvgIpc) is 2.83. The fourth-order valence-corrected chi connectivity index (χ4v) is 3.56. The molecule has 7 heteroatoms. The number of aromatic nitrogens is 2. The number of aromatic amines is 1. The third-order valence-electron chi connectivity index (χ3n) is 2.99. The number of hydrogen-bond donors (Lipinski definition) is 1. The summed E-state index contributed by atoms with van der Waals surface area (Å²) in [5.74, 6) is -0.432. The van der Waals surface area contributed by atoms with E-state index in [0.29, 0.717) is 20.4 Å². The molecule has 3 rings (SSSR count). The minimum Gasteiger partial charge on any atom is -0.331 e. The number of nitrogens with one attached hydrogen (secondary N) is 1. The molecule has 0 bridgehead atoms. The van der Waals surface area contributed by atoms with Gasteiger partial charge in [-0.1, -0.05) is 0 Å². The van der Waals surface area contributed by atoms with E-state index in [9.17, 15) is 9.18 Å². The Morgan fingerprint density at radius 1 is 1.45 bits per heavy atom. The van der Waals surface area contributed by atoms with Crippen molar-refractivity contribution in [2.75, 3.05) is 0 Å². The molecule has 102 valence electrons. The molecule has 0 aliphatic heterocycles. The maximum absolute atomic E-state index is 13.8.